The lowest BCUT2D eigenvalue weighted by molar-refractivity contribution is -0.265. The number of hydrogen-bond acceptors (Lipinski definition) is 7. The molecule has 3 rings (SSSR count). The predicted octanol–water partition coefficient (Wildman–Crippen LogP) is 2.20. The van der Waals surface area contributed by atoms with E-state index in [4.69, 9.17) is 24.7 Å². The minimum absolute atomic E-state index is 0.0729. The first-order chi connectivity index (χ1) is 13.0. The molecule has 1 fully saturated rings. The molecule has 0 unspecified atom stereocenters. The molecular weight excluding hydrogens is 346 g/mol. The maximum absolute atomic E-state index is 9.81. The van der Waals surface area contributed by atoms with Crippen molar-refractivity contribution < 1.29 is 18.9 Å². The van der Waals surface area contributed by atoms with Crippen LogP contribution in [0, 0.1) is 17.2 Å². The largest absolute Gasteiger partial charge is 0.493 e. The SMILES string of the molecule is CCN1CC[C@@]2(OC)OC(N)=C(C#N)[C@@H](c3ccc(OC)c(OC)c3)[C@@H]2C1. The van der Waals surface area contributed by atoms with Crippen LogP contribution < -0.4 is 15.2 Å². The van der Waals surface area contributed by atoms with Crippen molar-refractivity contribution >= 4 is 0 Å². The Kier molecular flexibility index (Phi) is 5.49. The van der Waals surface area contributed by atoms with Crippen molar-refractivity contribution in [2.45, 2.75) is 25.0 Å². The number of benzene rings is 1. The second kappa shape index (κ2) is 7.67. The average molecular weight is 373 g/mol. The zero-order valence-electron chi connectivity index (χ0n) is 16.3. The molecule has 1 saturated heterocycles. The van der Waals surface area contributed by atoms with Crippen molar-refractivity contribution in [1.82, 2.24) is 4.90 Å². The predicted molar refractivity (Wildman–Crippen MR) is 100 cm³/mol. The topological polar surface area (TPSA) is 90.0 Å². The highest BCUT2D eigenvalue weighted by Crippen LogP contribution is 2.50. The molecule has 1 aromatic rings. The number of nitriles is 1. The third-order valence-electron chi connectivity index (χ3n) is 5.74. The number of nitrogens with zero attached hydrogens (tertiary/aromatic N) is 2. The normalized spacial score (nSPS) is 28.1. The minimum atomic E-state index is -0.839. The number of ether oxygens (including phenoxy) is 4. The van der Waals surface area contributed by atoms with Gasteiger partial charge in [-0.3, -0.25) is 0 Å². The Hall–Kier alpha value is -2.43. The van der Waals surface area contributed by atoms with Crippen LogP contribution in [0.4, 0.5) is 0 Å². The molecule has 2 N–H and O–H groups in total. The van der Waals surface area contributed by atoms with Crippen molar-refractivity contribution in [2.75, 3.05) is 41.0 Å². The Morgan fingerprint density at radius 2 is 2.04 bits per heavy atom. The van der Waals surface area contributed by atoms with Crippen LogP contribution in [0.1, 0.15) is 24.8 Å². The number of piperidine rings is 1. The van der Waals surface area contributed by atoms with Gasteiger partial charge in [-0.25, -0.2) is 0 Å². The van der Waals surface area contributed by atoms with E-state index in [0.29, 0.717) is 23.5 Å². The maximum Gasteiger partial charge on any atom is 0.218 e. The number of rotatable bonds is 5. The number of methoxy groups -OCH3 is 3. The number of fused-ring (bicyclic) bond motifs is 1. The van der Waals surface area contributed by atoms with Gasteiger partial charge >= 0.3 is 0 Å². The zero-order chi connectivity index (χ0) is 19.6. The Labute approximate surface area is 160 Å². The fourth-order valence-electron chi connectivity index (χ4n) is 4.24. The van der Waals surface area contributed by atoms with E-state index in [-0.39, 0.29) is 17.7 Å². The van der Waals surface area contributed by atoms with Crippen LogP contribution in [0.5, 0.6) is 11.5 Å². The molecule has 0 saturated carbocycles. The fraction of sp³-hybridized carbons (Fsp3) is 0.550. The monoisotopic (exact) mass is 373 g/mol. The highest BCUT2D eigenvalue weighted by molar-refractivity contribution is 5.49. The average Bonchev–Trinajstić information content (AvgIpc) is 2.71. The van der Waals surface area contributed by atoms with Gasteiger partial charge in [-0.05, 0) is 24.2 Å². The molecule has 0 spiro atoms. The molecule has 0 radical (unpaired) electrons. The molecule has 0 bridgehead atoms. The smallest absolute Gasteiger partial charge is 0.218 e. The lowest BCUT2D eigenvalue weighted by atomic mass is 9.72. The van der Waals surface area contributed by atoms with Gasteiger partial charge in [-0.1, -0.05) is 13.0 Å². The van der Waals surface area contributed by atoms with E-state index in [1.165, 1.54) is 0 Å². The van der Waals surface area contributed by atoms with Gasteiger partial charge in [0.2, 0.25) is 11.7 Å². The molecule has 146 valence electrons. The second-order valence-corrected chi connectivity index (χ2v) is 6.85. The Bertz CT molecular complexity index is 773. The summed E-state index contributed by atoms with van der Waals surface area (Å²) in [6.07, 6.45) is 0.686. The van der Waals surface area contributed by atoms with Crippen molar-refractivity contribution in [2.24, 2.45) is 11.7 Å². The number of likely N-dealkylation sites (tertiary alicyclic amines) is 1. The Morgan fingerprint density at radius 3 is 2.63 bits per heavy atom. The molecule has 2 heterocycles. The molecule has 7 nitrogen and oxygen atoms in total. The Morgan fingerprint density at radius 1 is 1.30 bits per heavy atom. The maximum atomic E-state index is 9.81. The van der Waals surface area contributed by atoms with Crippen molar-refractivity contribution in [3.05, 3.63) is 35.2 Å². The van der Waals surface area contributed by atoms with Gasteiger partial charge in [-0.15, -0.1) is 0 Å². The van der Waals surface area contributed by atoms with Crippen LogP contribution in [0.25, 0.3) is 0 Å². The van der Waals surface area contributed by atoms with Crippen LogP contribution in [-0.2, 0) is 9.47 Å². The molecule has 0 aliphatic carbocycles. The lowest BCUT2D eigenvalue weighted by Crippen LogP contribution is -2.58. The second-order valence-electron chi connectivity index (χ2n) is 6.85. The van der Waals surface area contributed by atoms with E-state index in [1.807, 2.05) is 18.2 Å². The third-order valence-corrected chi connectivity index (χ3v) is 5.74. The standard InChI is InChI=1S/C20H27N3O4/c1-5-23-9-8-20(26-4)15(12-23)18(14(11-21)19(22)27-20)13-6-7-16(24-2)17(10-13)25-3/h6-7,10,15,18H,5,8-9,12,22H2,1-4H3/t15-,18+,20+/m0/s1. The summed E-state index contributed by atoms with van der Waals surface area (Å²) < 4.78 is 22.7. The van der Waals surface area contributed by atoms with Crippen LogP contribution in [-0.4, -0.2) is 51.7 Å². The van der Waals surface area contributed by atoms with E-state index in [0.717, 1.165) is 25.2 Å². The van der Waals surface area contributed by atoms with E-state index in [9.17, 15) is 5.26 Å². The van der Waals surface area contributed by atoms with Crippen LogP contribution >= 0.6 is 0 Å². The van der Waals surface area contributed by atoms with Gasteiger partial charge in [-0.2, -0.15) is 5.26 Å². The van der Waals surface area contributed by atoms with E-state index >= 15 is 0 Å². The van der Waals surface area contributed by atoms with Gasteiger partial charge in [0.05, 0.1) is 19.8 Å². The minimum Gasteiger partial charge on any atom is -0.493 e. The van der Waals surface area contributed by atoms with Crippen molar-refractivity contribution in [1.29, 1.82) is 5.26 Å². The summed E-state index contributed by atoms with van der Waals surface area (Å²) in [6.45, 7) is 4.66. The Balaban J connectivity index is 2.14. The molecular formula is C20H27N3O4. The molecule has 2 aliphatic heterocycles. The summed E-state index contributed by atoms with van der Waals surface area (Å²) in [5.41, 5.74) is 7.52. The molecule has 2 aliphatic rings. The summed E-state index contributed by atoms with van der Waals surface area (Å²) in [4.78, 5) is 2.34. The van der Waals surface area contributed by atoms with Crippen LogP contribution in [0.2, 0.25) is 0 Å². The van der Waals surface area contributed by atoms with Gasteiger partial charge in [0, 0.05) is 38.5 Å². The van der Waals surface area contributed by atoms with E-state index in [1.54, 1.807) is 21.3 Å². The summed E-state index contributed by atoms with van der Waals surface area (Å²) in [6, 6.07) is 7.97. The summed E-state index contributed by atoms with van der Waals surface area (Å²) >= 11 is 0. The van der Waals surface area contributed by atoms with Gasteiger partial charge in [0.25, 0.3) is 0 Å². The van der Waals surface area contributed by atoms with Gasteiger partial charge < -0.3 is 29.6 Å². The van der Waals surface area contributed by atoms with Crippen molar-refractivity contribution in [3.63, 3.8) is 0 Å². The van der Waals surface area contributed by atoms with E-state index in [2.05, 4.69) is 17.9 Å². The zero-order valence-corrected chi connectivity index (χ0v) is 16.3. The molecule has 27 heavy (non-hydrogen) atoms. The third kappa shape index (κ3) is 3.20. The van der Waals surface area contributed by atoms with Crippen molar-refractivity contribution in [3.8, 4) is 17.6 Å². The van der Waals surface area contributed by atoms with Gasteiger partial charge in [0.15, 0.2) is 11.5 Å². The van der Waals surface area contributed by atoms with E-state index < -0.39 is 5.79 Å². The lowest BCUT2D eigenvalue weighted by Gasteiger charge is -2.51. The summed E-state index contributed by atoms with van der Waals surface area (Å²) in [5, 5.41) is 9.81. The summed E-state index contributed by atoms with van der Waals surface area (Å²) in [5.74, 6) is 0.229. The first-order valence-corrected chi connectivity index (χ1v) is 9.11. The quantitative estimate of drug-likeness (QED) is 0.846. The molecule has 0 amide bonds. The first-order valence-electron chi connectivity index (χ1n) is 9.11. The number of nitrogens with two attached hydrogens (primary N) is 1. The molecule has 7 heteroatoms. The highest BCUT2D eigenvalue weighted by Gasteiger charge is 2.54. The molecule has 0 aromatic heterocycles. The van der Waals surface area contributed by atoms with Gasteiger partial charge in [0.1, 0.15) is 6.07 Å². The molecule has 1 aromatic carbocycles. The highest BCUT2D eigenvalue weighted by atomic mass is 16.7. The molecule has 3 atom stereocenters. The van der Waals surface area contributed by atoms with Crippen LogP contribution in [0.3, 0.4) is 0 Å². The number of hydrogen-bond donors (Lipinski definition) is 1. The number of allylic oxidation sites excluding steroid dienone is 1. The first kappa shape index (κ1) is 19.3. The summed E-state index contributed by atoms with van der Waals surface area (Å²) in [7, 11) is 4.84. The fourth-order valence-corrected chi connectivity index (χ4v) is 4.24. The van der Waals surface area contributed by atoms with Crippen LogP contribution in [0.15, 0.2) is 29.7 Å².